The molecule has 1 unspecified atom stereocenters. The zero-order valence-electron chi connectivity index (χ0n) is 18.6. The molecule has 1 aliphatic rings. The highest BCUT2D eigenvalue weighted by atomic mass is 32.1. The van der Waals surface area contributed by atoms with Crippen LogP contribution in [0.3, 0.4) is 0 Å². The van der Waals surface area contributed by atoms with Crippen LogP contribution in [-0.2, 0) is 19.3 Å². The molecule has 158 valence electrons. The van der Waals surface area contributed by atoms with E-state index in [2.05, 4.69) is 32.9 Å². The number of carbonyl (C=O) groups excluding carboxylic acids is 1. The highest BCUT2D eigenvalue weighted by Crippen LogP contribution is 2.41. The van der Waals surface area contributed by atoms with Crippen molar-refractivity contribution in [2.24, 2.45) is 5.41 Å². The molecule has 29 heavy (non-hydrogen) atoms. The topological polar surface area (TPSA) is 46.5 Å². The normalized spacial score (nSPS) is 16.4. The van der Waals surface area contributed by atoms with E-state index in [1.807, 2.05) is 13.8 Å². The van der Waals surface area contributed by atoms with Gasteiger partial charge < -0.3 is 9.84 Å². The quantitative estimate of drug-likeness (QED) is 0.586. The highest BCUT2D eigenvalue weighted by molar-refractivity contribution is 7.14. The molecular formula is C25H34O3S. The number of Topliss-reactive ketones (excluding diaryl/α,β-unsaturated/α-hetero) is 1. The van der Waals surface area contributed by atoms with Crippen LogP contribution in [0.15, 0.2) is 12.1 Å². The number of benzene rings is 1. The molecule has 3 rings (SSSR count). The Morgan fingerprint density at radius 3 is 2.48 bits per heavy atom. The van der Waals surface area contributed by atoms with Gasteiger partial charge in [-0.2, -0.15) is 0 Å². The number of ether oxygens (including phenoxy) is 1. The lowest BCUT2D eigenvalue weighted by atomic mass is 9.74. The second kappa shape index (κ2) is 8.61. The highest BCUT2D eigenvalue weighted by Gasteiger charge is 2.31. The summed E-state index contributed by atoms with van der Waals surface area (Å²) in [6.45, 7) is 12.9. The van der Waals surface area contributed by atoms with E-state index in [1.165, 1.54) is 21.6 Å². The Labute approximate surface area is 179 Å². The van der Waals surface area contributed by atoms with Crippen molar-refractivity contribution in [2.75, 3.05) is 6.61 Å². The Morgan fingerprint density at radius 1 is 1.21 bits per heavy atom. The minimum atomic E-state index is -0.489. The number of carbonyl (C=O) groups is 1. The number of hydrogen-bond donors (Lipinski definition) is 1. The Bertz CT molecular complexity index is 882. The molecule has 1 heterocycles. The number of aliphatic hydroxyl groups excluding tert-OH is 1. The predicted octanol–water partition coefficient (Wildman–Crippen LogP) is 5.76. The number of aryl methyl sites for hydroxylation is 4. The maximum Gasteiger partial charge on any atom is 0.173 e. The molecule has 2 aromatic rings. The van der Waals surface area contributed by atoms with Gasteiger partial charge in [0.1, 0.15) is 12.4 Å². The van der Waals surface area contributed by atoms with Crippen LogP contribution >= 0.6 is 11.3 Å². The molecule has 0 radical (unpaired) electrons. The largest absolute Gasteiger partial charge is 0.490 e. The third kappa shape index (κ3) is 5.10. The zero-order chi connectivity index (χ0) is 21.3. The number of aliphatic hydroxyl groups is 1. The summed E-state index contributed by atoms with van der Waals surface area (Å²) >= 11 is 1.70. The minimum absolute atomic E-state index is 0.281. The van der Waals surface area contributed by atoms with Crippen LogP contribution in [0.1, 0.15) is 76.0 Å². The first-order chi connectivity index (χ1) is 13.6. The minimum Gasteiger partial charge on any atom is -0.490 e. The molecule has 0 spiro atoms. The van der Waals surface area contributed by atoms with Gasteiger partial charge in [-0.15, -0.1) is 11.3 Å². The van der Waals surface area contributed by atoms with Crippen LogP contribution in [0.25, 0.3) is 0 Å². The van der Waals surface area contributed by atoms with Gasteiger partial charge in [0.25, 0.3) is 0 Å². The van der Waals surface area contributed by atoms with Crippen molar-refractivity contribution in [3.8, 4) is 5.75 Å². The van der Waals surface area contributed by atoms with Crippen LogP contribution in [0.2, 0.25) is 0 Å². The first-order valence-electron chi connectivity index (χ1n) is 10.6. The Morgan fingerprint density at radius 2 is 1.86 bits per heavy atom. The van der Waals surface area contributed by atoms with Crippen LogP contribution in [-0.4, -0.2) is 23.6 Å². The maximum atomic E-state index is 13.0. The van der Waals surface area contributed by atoms with Crippen molar-refractivity contribution in [2.45, 2.75) is 79.8 Å². The van der Waals surface area contributed by atoms with Gasteiger partial charge >= 0.3 is 0 Å². The smallest absolute Gasteiger partial charge is 0.173 e. The molecule has 0 saturated carbocycles. The molecule has 1 aromatic carbocycles. The number of rotatable bonds is 7. The lowest BCUT2D eigenvalue weighted by Crippen LogP contribution is -2.22. The van der Waals surface area contributed by atoms with Crippen molar-refractivity contribution >= 4 is 17.1 Å². The van der Waals surface area contributed by atoms with E-state index in [0.717, 1.165) is 47.4 Å². The summed E-state index contributed by atoms with van der Waals surface area (Å²) in [4.78, 5) is 15.4. The SMILES string of the molecule is Cc1cc(CCC(=O)c2sc(C)c3c2CCC(C)(C)C3)cc(C)c1OCC(C)O. The number of ketones is 1. The Kier molecular flexibility index (Phi) is 6.54. The van der Waals surface area contributed by atoms with E-state index >= 15 is 0 Å². The van der Waals surface area contributed by atoms with Crippen molar-refractivity contribution in [1.82, 2.24) is 0 Å². The van der Waals surface area contributed by atoms with Crippen LogP contribution in [0.5, 0.6) is 5.75 Å². The molecule has 0 fully saturated rings. The van der Waals surface area contributed by atoms with Gasteiger partial charge in [-0.1, -0.05) is 26.0 Å². The molecule has 4 heteroatoms. The van der Waals surface area contributed by atoms with E-state index in [9.17, 15) is 9.90 Å². The second-order valence-electron chi connectivity index (χ2n) is 9.43. The lowest BCUT2D eigenvalue weighted by molar-refractivity contribution is 0.0985. The lowest BCUT2D eigenvalue weighted by Gasteiger charge is -2.30. The third-order valence-corrected chi connectivity index (χ3v) is 7.14. The third-order valence-electron chi connectivity index (χ3n) is 5.91. The van der Waals surface area contributed by atoms with Gasteiger partial charge in [0.2, 0.25) is 0 Å². The average Bonchev–Trinajstić information content (AvgIpc) is 2.94. The molecular weight excluding hydrogens is 380 g/mol. The van der Waals surface area contributed by atoms with Gasteiger partial charge in [0.05, 0.1) is 11.0 Å². The van der Waals surface area contributed by atoms with Crippen molar-refractivity contribution in [1.29, 1.82) is 0 Å². The number of fused-ring (bicyclic) bond motifs is 1. The van der Waals surface area contributed by atoms with E-state index in [4.69, 9.17) is 4.74 Å². The molecule has 1 aromatic heterocycles. The van der Waals surface area contributed by atoms with Crippen molar-refractivity contribution in [3.05, 3.63) is 49.7 Å². The summed E-state index contributed by atoms with van der Waals surface area (Å²) in [5, 5.41) is 9.46. The summed E-state index contributed by atoms with van der Waals surface area (Å²) in [5.74, 6) is 1.12. The Hall–Kier alpha value is -1.65. The van der Waals surface area contributed by atoms with E-state index in [1.54, 1.807) is 18.3 Å². The van der Waals surface area contributed by atoms with Crippen LogP contribution in [0, 0.1) is 26.2 Å². The summed E-state index contributed by atoms with van der Waals surface area (Å²) in [6.07, 6.45) is 4.07. The number of hydrogen-bond acceptors (Lipinski definition) is 4. The zero-order valence-corrected chi connectivity index (χ0v) is 19.5. The Balaban J connectivity index is 1.70. The van der Waals surface area contributed by atoms with Gasteiger partial charge in [-0.25, -0.2) is 0 Å². The summed E-state index contributed by atoms with van der Waals surface area (Å²) < 4.78 is 5.75. The molecule has 0 saturated heterocycles. The molecule has 0 amide bonds. The van der Waals surface area contributed by atoms with Crippen molar-refractivity contribution < 1.29 is 14.6 Å². The van der Waals surface area contributed by atoms with Gasteiger partial charge in [0.15, 0.2) is 5.78 Å². The summed E-state index contributed by atoms with van der Waals surface area (Å²) in [6, 6.07) is 4.21. The van der Waals surface area contributed by atoms with Gasteiger partial charge in [0, 0.05) is 11.3 Å². The summed E-state index contributed by atoms with van der Waals surface area (Å²) in [7, 11) is 0. The first-order valence-corrected chi connectivity index (χ1v) is 11.4. The van der Waals surface area contributed by atoms with Gasteiger partial charge in [-0.05, 0) is 86.6 Å². The first kappa shape index (κ1) is 22.0. The fourth-order valence-electron chi connectivity index (χ4n) is 4.36. The van der Waals surface area contributed by atoms with E-state index in [-0.39, 0.29) is 5.78 Å². The molecule has 1 N–H and O–H groups in total. The van der Waals surface area contributed by atoms with Crippen LogP contribution < -0.4 is 4.74 Å². The van der Waals surface area contributed by atoms with E-state index in [0.29, 0.717) is 18.4 Å². The fourth-order valence-corrected chi connectivity index (χ4v) is 5.55. The maximum absolute atomic E-state index is 13.0. The molecule has 0 aliphatic heterocycles. The second-order valence-corrected chi connectivity index (χ2v) is 10.7. The molecule has 1 atom stereocenters. The van der Waals surface area contributed by atoms with Gasteiger partial charge in [-0.3, -0.25) is 4.79 Å². The molecule has 1 aliphatic carbocycles. The van der Waals surface area contributed by atoms with E-state index < -0.39 is 6.10 Å². The summed E-state index contributed by atoms with van der Waals surface area (Å²) in [5.41, 5.74) is 6.37. The standard InChI is InChI=1S/C25H34O3S/c1-15-11-19(12-16(2)23(15)28-14-17(3)26)7-8-22(27)24-20-9-10-25(5,6)13-21(20)18(4)29-24/h11-12,17,26H,7-10,13-14H2,1-6H3. The van der Waals surface area contributed by atoms with Crippen LogP contribution in [0.4, 0.5) is 0 Å². The van der Waals surface area contributed by atoms with Crippen molar-refractivity contribution in [3.63, 3.8) is 0 Å². The molecule has 3 nitrogen and oxygen atoms in total. The monoisotopic (exact) mass is 414 g/mol. The predicted molar refractivity (Wildman–Crippen MR) is 121 cm³/mol. The average molecular weight is 415 g/mol. The fraction of sp³-hybridized carbons (Fsp3) is 0.560. The molecule has 0 bridgehead atoms. The number of thiophene rings is 1.